The Morgan fingerprint density at radius 1 is 1.45 bits per heavy atom. The molecule has 3 atom stereocenters. The Kier molecular flexibility index (Phi) is 5.15. The third kappa shape index (κ3) is 3.38. The molecule has 1 aliphatic rings. The van der Waals surface area contributed by atoms with Gasteiger partial charge in [-0.25, -0.2) is 0 Å². The first-order valence-electron chi connectivity index (χ1n) is 7.42. The van der Waals surface area contributed by atoms with E-state index in [1.54, 1.807) is 0 Å². The monoisotopic (exact) mass is 276 g/mol. The molecule has 1 fully saturated rings. The average Bonchev–Trinajstić information content (AvgIpc) is 2.94. The first-order valence-corrected chi connectivity index (χ1v) is 7.42. The molecule has 2 rings (SSSR count). The molecule has 4 nitrogen and oxygen atoms in total. The van der Waals surface area contributed by atoms with Gasteiger partial charge in [-0.1, -0.05) is 37.3 Å². The molecule has 0 aromatic heterocycles. The molecule has 1 saturated heterocycles. The summed E-state index contributed by atoms with van der Waals surface area (Å²) in [5.41, 5.74) is 6.76. The summed E-state index contributed by atoms with van der Waals surface area (Å²) in [5, 5.41) is 10.3. The zero-order chi connectivity index (χ0) is 14.5. The first kappa shape index (κ1) is 15.0. The maximum absolute atomic E-state index is 12.2. The fourth-order valence-corrected chi connectivity index (χ4v) is 2.83. The van der Waals surface area contributed by atoms with Crippen LogP contribution in [0.4, 0.5) is 0 Å². The second-order valence-corrected chi connectivity index (χ2v) is 5.50. The smallest absolute Gasteiger partial charge is 0.239 e. The van der Waals surface area contributed by atoms with Crippen LogP contribution in [0.1, 0.15) is 44.3 Å². The van der Waals surface area contributed by atoms with Gasteiger partial charge in [-0.2, -0.15) is 0 Å². The Morgan fingerprint density at radius 3 is 2.80 bits per heavy atom. The summed E-state index contributed by atoms with van der Waals surface area (Å²) in [6, 6.07) is 9.31. The number of amides is 1. The summed E-state index contributed by atoms with van der Waals surface area (Å²) in [7, 11) is 0. The summed E-state index contributed by atoms with van der Waals surface area (Å²) in [6.07, 6.45) is 2.67. The predicted molar refractivity (Wildman–Crippen MR) is 79.0 cm³/mol. The van der Waals surface area contributed by atoms with Gasteiger partial charge in [-0.05, 0) is 31.2 Å². The van der Waals surface area contributed by atoms with Crippen molar-refractivity contribution in [3.8, 4) is 0 Å². The predicted octanol–water partition coefficient (Wildman–Crippen LogP) is 1.84. The normalized spacial score (nSPS) is 21.8. The molecular formula is C16H24N2O2. The largest absolute Gasteiger partial charge is 0.388 e. The number of hydrogen-bond acceptors (Lipinski definition) is 3. The van der Waals surface area contributed by atoms with Gasteiger partial charge in [0, 0.05) is 12.6 Å². The van der Waals surface area contributed by atoms with Crippen LogP contribution in [-0.4, -0.2) is 34.5 Å². The molecule has 1 amide bonds. The number of aliphatic hydroxyl groups excluding tert-OH is 1. The van der Waals surface area contributed by atoms with Gasteiger partial charge < -0.3 is 15.7 Å². The van der Waals surface area contributed by atoms with E-state index in [-0.39, 0.29) is 11.9 Å². The zero-order valence-corrected chi connectivity index (χ0v) is 12.0. The van der Waals surface area contributed by atoms with Crippen LogP contribution in [0, 0.1) is 0 Å². The van der Waals surface area contributed by atoms with Gasteiger partial charge >= 0.3 is 0 Å². The van der Waals surface area contributed by atoms with Crippen LogP contribution in [0.15, 0.2) is 30.3 Å². The molecule has 3 N–H and O–H groups in total. The Hall–Kier alpha value is -1.39. The Labute approximate surface area is 120 Å². The number of nitrogens with two attached hydrogens (primary N) is 1. The van der Waals surface area contributed by atoms with Crippen molar-refractivity contribution in [3.05, 3.63) is 35.9 Å². The van der Waals surface area contributed by atoms with E-state index < -0.39 is 12.1 Å². The van der Waals surface area contributed by atoms with Crippen molar-refractivity contribution in [2.45, 2.75) is 50.8 Å². The minimum Gasteiger partial charge on any atom is -0.388 e. The third-order valence-corrected chi connectivity index (χ3v) is 4.10. The van der Waals surface area contributed by atoms with Crippen LogP contribution in [-0.2, 0) is 4.79 Å². The summed E-state index contributed by atoms with van der Waals surface area (Å²) < 4.78 is 0. The average molecular weight is 276 g/mol. The highest BCUT2D eigenvalue weighted by molar-refractivity contribution is 5.82. The molecule has 0 bridgehead atoms. The number of aliphatic hydroxyl groups is 1. The summed E-state index contributed by atoms with van der Waals surface area (Å²) in [6.45, 7) is 2.69. The minimum atomic E-state index is -0.521. The maximum atomic E-state index is 12.2. The lowest BCUT2D eigenvalue weighted by molar-refractivity contribution is -0.133. The van der Waals surface area contributed by atoms with Crippen LogP contribution in [0.5, 0.6) is 0 Å². The molecule has 0 aliphatic carbocycles. The Balaban J connectivity index is 1.99. The van der Waals surface area contributed by atoms with E-state index in [0.717, 1.165) is 24.9 Å². The molecule has 4 heteroatoms. The number of carbonyl (C=O) groups excluding carboxylic acids is 1. The van der Waals surface area contributed by atoms with Gasteiger partial charge in [0.2, 0.25) is 5.91 Å². The fourth-order valence-electron chi connectivity index (χ4n) is 2.83. The lowest BCUT2D eigenvalue weighted by Crippen LogP contribution is -2.46. The van der Waals surface area contributed by atoms with Crippen molar-refractivity contribution >= 4 is 5.91 Å². The minimum absolute atomic E-state index is 0.0234. The fraction of sp³-hybridized carbons (Fsp3) is 0.562. The lowest BCUT2D eigenvalue weighted by Gasteiger charge is -2.28. The maximum Gasteiger partial charge on any atom is 0.239 e. The van der Waals surface area contributed by atoms with Crippen molar-refractivity contribution in [1.82, 2.24) is 4.90 Å². The van der Waals surface area contributed by atoms with E-state index in [1.807, 2.05) is 42.2 Å². The highest BCUT2D eigenvalue weighted by Crippen LogP contribution is 2.27. The van der Waals surface area contributed by atoms with Crippen molar-refractivity contribution in [2.24, 2.45) is 5.73 Å². The van der Waals surface area contributed by atoms with Crippen molar-refractivity contribution in [3.63, 3.8) is 0 Å². The number of benzene rings is 1. The molecule has 0 saturated carbocycles. The Morgan fingerprint density at radius 2 is 2.15 bits per heavy atom. The van der Waals surface area contributed by atoms with Crippen LogP contribution < -0.4 is 5.73 Å². The molecule has 0 spiro atoms. The van der Waals surface area contributed by atoms with Crippen molar-refractivity contribution < 1.29 is 9.90 Å². The summed E-state index contributed by atoms with van der Waals surface area (Å²) in [5.74, 6) is 0.0234. The second-order valence-electron chi connectivity index (χ2n) is 5.50. The van der Waals surface area contributed by atoms with Crippen LogP contribution >= 0.6 is 0 Å². The van der Waals surface area contributed by atoms with E-state index in [1.165, 1.54) is 0 Å². The standard InChI is InChI=1S/C16H24N2O2/c1-2-14(17)16(20)18-10-6-9-13(18)11-15(19)12-7-4-3-5-8-12/h3-5,7-8,13-15,19H,2,6,9-11,17H2,1H3/t13-,14+,15-/m1/s1. The molecule has 0 radical (unpaired) electrons. The van der Waals surface area contributed by atoms with E-state index in [0.29, 0.717) is 12.8 Å². The zero-order valence-electron chi connectivity index (χ0n) is 12.0. The molecule has 1 aromatic rings. The number of carbonyl (C=O) groups is 1. The molecule has 110 valence electrons. The molecule has 1 aliphatic heterocycles. The van der Waals surface area contributed by atoms with Crippen LogP contribution in [0.25, 0.3) is 0 Å². The van der Waals surface area contributed by atoms with Gasteiger partial charge in [-0.3, -0.25) is 4.79 Å². The summed E-state index contributed by atoms with van der Waals surface area (Å²) >= 11 is 0. The van der Waals surface area contributed by atoms with E-state index in [9.17, 15) is 9.90 Å². The SMILES string of the molecule is CC[C@H](N)C(=O)N1CCC[C@@H]1C[C@@H](O)c1ccccc1. The van der Waals surface area contributed by atoms with Gasteiger partial charge in [0.25, 0.3) is 0 Å². The highest BCUT2D eigenvalue weighted by Gasteiger charge is 2.32. The lowest BCUT2D eigenvalue weighted by atomic mass is 10.00. The van der Waals surface area contributed by atoms with Crippen molar-refractivity contribution in [1.29, 1.82) is 0 Å². The van der Waals surface area contributed by atoms with Crippen molar-refractivity contribution in [2.75, 3.05) is 6.54 Å². The van der Waals surface area contributed by atoms with E-state index in [2.05, 4.69) is 0 Å². The Bertz CT molecular complexity index is 435. The van der Waals surface area contributed by atoms with Crippen LogP contribution in [0.2, 0.25) is 0 Å². The third-order valence-electron chi connectivity index (χ3n) is 4.10. The number of likely N-dealkylation sites (tertiary alicyclic amines) is 1. The quantitative estimate of drug-likeness (QED) is 0.862. The van der Waals surface area contributed by atoms with Gasteiger partial charge in [0.1, 0.15) is 0 Å². The number of rotatable bonds is 5. The molecule has 0 unspecified atom stereocenters. The van der Waals surface area contributed by atoms with Gasteiger partial charge in [-0.15, -0.1) is 0 Å². The topological polar surface area (TPSA) is 66.6 Å². The number of hydrogen-bond donors (Lipinski definition) is 2. The van der Waals surface area contributed by atoms with Crippen LogP contribution in [0.3, 0.4) is 0 Å². The highest BCUT2D eigenvalue weighted by atomic mass is 16.3. The second kappa shape index (κ2) is 6.86. The molecule has 20 heavy (non-hydrogen) atoms. The first-order chi connectivity index (χ1) is 9.63. The molecule has 1 aromatic carbocycles. The number of nitrogens with zero attached hydrogens (tertiary/aromatic N) is 1. The molecular weight excluding hydrogens is 252 g/mol. The van der Waals surface area contributed by atoms with Gasteiger partial charge in [0.05, 0.1) is 12.1 Å². The summed E-state index contributed by atoms with van der Waals surface area (Å²) in [4.78, 5) is 14.1. The van der Waals surface area contributed by atoms with E-state index >= 15 is 0 Å². The van der Waals surface area contributed by atoms with E-state index in [4.69, 9.17) is 5.73 Å². The molecule has 1 heterocycles. The van der Waals surface area contributed by atoms with Gasteiger partial charge in [0.15, 0.2) is 0 Å².